The predicted octanol–water partition coefficient (Wildman–Crippen LogP) is 4.52. The SMILES string of the molecule is CCC(CC)[C@@H](NC(=O)Cc1ccccc1)c1ccccc1. The summed E-state index contributed by atoms with van der Waals surface area (Å²) >= 11 is 0. The first-order chi connectivity index (χ1) is 10.7. The van der Waals surface area contributed by atoms with E-state index in [2.05, 4.69) is 31.3 Å². The second kappa shape index (κ2) is 8.38. The van der Waals surface area contributed by atoms with Gasteiger partial charge in [0.2, 0.25) is 5.91 Å². The summed E-state index contributed by atoms with van der Waals surface area (Å²) in [5.41, 5.74) is 2.24. The quantitative estimate of drug-likeness (QED) is 0.799. The van der Waals surface area contributed by atoms with Crippen molar-refractivity contribution in [2.75, 3.05) is 0 Å². The second-order valence-corrected chi connectivity index (χ2v) is 5.69. The topological polar surface area (TPSA) is 29.1 Å². The van der Waals surface area contributed by atoms with Crippen molar-refractivity contribution in [1.82, 2.24) is 5.32 Å². The minimum atomic E-state index is 0.0898. The van der Waals surface area contributed by atoms with Crippen molar-refractivity contribution in [2.45, 2.75) is 39.2 Å². The van der Waals surface area contributed by atoms with E-state index in [1.807, 2.05) is 48.5 Å². The fourth-order valence-corrected chi connectivity index (χ4v) is 2.90. The zero-order chi connectivity index (χ0) is 15.8. The van der Waals surface area contributed by atoms with E-state index in [1.165, 1.54) is 5.56 Å². The van der Waals surface area contributed by atoms with Gasteiger partial charge in [-0.3, -0.25) is 4.79 Å². The van der Waals surface area contributed by atoms with Crippen LogP contribution in [0.15, 0.2) is 60.7 Å². The average molecular weight is 295 g/mol. The molecule has 1 N–H and O–H groups in total. The molecule has 0 saturated carbocycles. The number of nitrogens with one attached hydrogen (secondary N) is 1. The van der Waals surface area contributed by atoms with Crippen LogP contribution in [0.1, 0.15) is 43.9 Å². The molecule has 0 saturated heterocycles. The van der Waals surface area contributed by atoms with Crippen LogP contribution in [0.25, 0.3) is 0 Å². The van der Waals surface area contributed by atoms with E-state index < -0.39 is 0 Å². The molecule has 2 rings (SSSR count). The lowest BCUT2D eigenvalue weighted by Gasteiger charge is -2.27. The van der Waals surface area contributed by atoms with Crippen LogP contribution in [0.3, 0.4) is 0 Å². The molecule has 1 atom stereocenters. The number of hydrogen-bond acceptors (Lipinski definition) is 1. The van der Waals surface area contributed by atoms with E-state index in [1.54, 1.807) is 0 Å². The number of carbonyl (C=O) groups excluding carboxylic acids is 1. The monoisotopic (exact) mass is 295 g/mol. The maximum Gasteiger partial charge on any atom is 0.224 e. The van der Waals surface area contributed by atoms with Gasteiger partial charge in [0.05, 0.1) is 12.5 Å². The van der Waals surface area contributed by atoms with E-state index in [0.717, 1.165) is 18.4 Å². The van der Waals surface area contributed by atoms with E-state index in [4.69, 9.17) is 0 Å². The molecular weight excluding hydrogens is 270 g/mol. The molecule has 0 spiro atoms. The molecule has 0 radical (unpaired) electrons. The van der Waals surface area contributed by atoms with Gasteiger partial charge in [-0.05, 0) is 17.0 Å². The van der Waals surface area contributed by atoms with Crippen molar-refractivity contribution in [3.05, 3.63) is 71.8 Å². The largest absolute Gasteiger partial charge is 0.349 e. The maximum atomic E-state index is 12.4. The fraction of sp³-hybridized carbons (Fsp3) is 0.350. The summed E-state index contributed by atoms with van der Waals surface area (Å²) in [5.74, 6) is 0.550. The first-order valence-electron chi connectivity index (χ1n) is 8.12. The van der Waals surface area contributed by atoms with Crippen LogP contribution in [-0.4, -0.2) is 5.91 Å². The number of benzene rings is 2. The molecule has 0 aliphatic heterocycles. The summed E-state index contributed by atoms with van der Waals surface area (Å²) in [7, 11) is 0. The normalized spacial score (nSPS) is 12.1. The Morgan fingerprint density at radius 2 is 1.45 bits per heavy atom. The van der Waals surface area contributed by atoms with Crippen LogP contribution in [-0.2, 0) is 11.2 Å². The zero-order valence-corrected chi connectivity index (χ0v) is 13.5. The predicted molar refractivity (Wildman–Crippen MR) is 91.5 cm³/mol. The van der Waals surface area contributed by atoms with Gasteiger partial charge in [-0.2, -0.15) is 0 Å². The molecule has 2 nitrogen and oxygen atoms in total. The molecule has 2 aromatic rings. The Hall–Kier alpha value is -2.09. The van der Waals surface area contributed by atoms with Crippen LogP contribution < -0.4 is 5.32 Å². The van der Waals surface area contributed by atoms with Crippen LogP contribution in [0.4, 0.5) is 0 Å². The molecule has 0 unspecified atom stereocenters. The maximum absolute atomic E-state index is 12.4. The number of rotatable bonds is 7. The van der Waals surface area contributed by atoms with Gasteiger partial charge in [0.15, 0.2) is 0 Å². The third-order valence-corrected chi connectivity index (χ3v) is 4.20. The van der Waals surface area contributed by atoms with Gasteiger partial charge in [0, 0.05) is 0 Å². The fourth-order valence-electron chi connectivity index (χ4n) is 2.90. The van der Waals surface area contributed by atoms with Gasteiger partial charge in [-0.25, -0.2) is 0 Å². The van der Waals surface area contributed by atoms with E-state index >= 15 is 0 Å². The minimum Gasteiger partial charge on any atom is -0.349 e. The summed E-state index contributed by atoms with van der Waals surface area (Å²) in [6, 6.07) is 20.3. The van der Waals surface area contributed by atoms with Crippen LogP contribution in [0, 0.1) is 5.92 Å². The van der Waals surface area contributed by atoms with Gasteiger partial charge >= 0.3 is 0 Å². The third-order valence-electron chi connectivity index (χ3n) is 4.20. The minimum absolute atomic E-state index is 0.0898. The summed E-state index contributed by atoms with van der Waals surface area (Å²) in [6.45, 7) is 4.38. The first kappa shape index (κ1) is 16.3. The van der Waals surface area contributed by atoms with Gasteiger partial charge < -0.3 is 5.32 Å². The molecule has 2 heteroatoms. The molecule has 2 aromatic carbocycles. The van der Waals surface area contributed by atoms with Crippen molar-refractivity contribution in [3.63, 3.8) is 0 Å². The Balaban J connectivity index is 2.11. The van der Waals surface area contributed by atoms with Gasteiger partial charge in [0.1, 0.15) is 0 Å². The highest BCUT2D eigenvalue weighted by molar-refractivity contribution is 5.79. The highest BCUT2D eigenvalue weighted by Crippen LogP contribution is 2.27. The van der Waals surface area contributed by atoms with Gasteiger partial charge in [-0.15, -0.1) is 0 Å². The van der Waals surface area contributed by atoms with Crippen LogP contribution >= 0.6 is 0 Å². The molecule has 0 aliphatic rings. The van der Waals surface area contributed by atoms with Crippen molar-refractivity contribution in [3.8, 4) is 0 Å². The van der Waals surface area contributed by atoms with Crippen LogP contribution in [0.5, 0.6) is 0 Å². The Labute approximate surface area is 133 Å². The number of hydrogen-bond donors (Lipinski definition) is 1. The highest BCUT2D eigenvalue weighted by atomic mass is 16.1. The lowest BCUT2D eigenvalue weighted by Crippen LogP contribution is -2.34. The number of amides is 1. The molecule has 116 valence electrons. The van der Waals surface area contributed by atoms with Crippen molar-refractivity contribution >= 4 is 5.91 Å². The molecule has 0 bridgehead atoms. The van der Waals surface area contributed by atoms with E-state index in [0.29, 0.717) is 12.3 Å². The summed E-state index contributed by atoms with van der Waals surface area (Å²) in [4.78, 5) is 12.4. The zero-order valence-electron chi connectivity index (χ0n) is 13.5. The number of carbonyl (C=O) groups is 1. The summed E-state index contributed by atoms with van der Waals surface area (Å²) in [5, 5.41) is 3.24. The smallest absolute Gasteiger partial charge is 0.224 e. The van der Waals surface area contributed by atoms with Crippen molar-refractivity contribution in [1.29, 1.82) is 0 Å². The Morgan fingerprint density at radius 3 is 2.00 bits per heavy atom. The van der Waals surface area contributed by atoms with Crippen molar-refractivity contribution < 1.29 is 4.79 Å². The molecule has 0 aromatic heterocycles. The standard InChI is InChI=1S/C20H25NO/c1-3-17(4-2)20(18-13-9-6-10-14-18)21-19(22)15-16-11-7-5-8-12-16/h5-14,17,20H,3-4,15H2,1-2H3,(H,21,22)/t20-/m1/s1. The first-order valence-corrected chi connectivity index (χ1v) is 8.12. The second-order valence-electron chi connectivity index (χ2n) is 5.69. The van der Waals surface area contributed by atoms with E-state index in [-0.39, 0.29) is 11.9 Å². The Bertz CT molecular complexity index is 561. The molecule has 22 heavy (non-hydrogen) atoms. The highest BCUT2D eigenvalue weighted by Gasteiger charge is 2.22. The lowest BCUT2D eigenvalue weighted by atomic mass is 9.88. The third kappa shape index (κ3) is 4.45. The molecule has 1 amide bonds. The molecule has 0 heterocycles. The summed E-state index contributed by atoms with van der Waals surface area (Å²) < 4.78 is 0. The van der Waals surface area contributed by atoms with E-state index in [9.17, 15) is 4.79 Å². The molecule has 0 aliphatic carbocycles. The van der Waals surface area contributed by atoms with Crippen molar-refractivity contribution in [2.24, 2.45) is 5.92 Å². The lowest BCUT2D eigenvalue weighted by molar-refractivity contribution is -0.121. The summed E-state index contributed by atoms with van der Waals surface area (Å²) in [6.07, 6.45) is 2.55. The van der Waals surface area contributed by atoms with Gasteiger partial charge in [-0.1, -0.05) is 87.4 Å². The molecule has 0 fully saturated rings. The average Bonchev–Trinajstić information content (AvgIpc) is 2.56. The van der Waals surface area contributed by atoms with Gasteiger partial charge in [0.25, 0.3) is 0 Å². The van der Waals surface area contributed by atoms with Crippen LogP contribution in [0.2, 0.25) is 0 Å². The molecular formula is C20H25NO. The Morgan fingerprint density at radius 1 is 0.909 bits per heavy atom. The Kier molecular flexibility index (Phi) is 6.20.